The van der Waals surface area contributed by atoms with Crippen molar-refractivity contribution in [1.82, 2.24) is 4.90 Å². The predicted octanol–water partition coefficient (Wildman–Crippen LogP) is 3.47. The highest BCUT2D eigenvalue weighted by molar-refractivity contribution is 6.30. The molecule has 0 fully saturated rings. The fraction of sp³-hybridized carbons (Fsp3) is 0.250. The lowest BCUT2D eigenvalue weighted by Gasteiger charge is -2.22. The van der Waals surface area contributed by atoms with Crippen LogP contribution < -0.4 is 10.1 Å². The lowest BCUT2D eigenvalue weighted by atomic mass is 9.83. The van der Waals surface area contributed by atoms with Crippen LogP contribution in [0.1, 0.15) is 22.8 Å². The molecule has 0 saturated heterocycles. The molecule has 27 heavy (non-hydrogen) atoms. The fourth-order valence-electron chi connectivity index (χ4n) is 2.48. The summed E-state index contributed by atoms with van der Waals surface area (Å²) in [6.07, 6.45) is 0. The number of amides is 2. The monoisotopic (exact) mass is 385 g/mol. The third kappa shape index (κ3) is 4.21. The van der Waals surface area contributed by atoms with E-state index in [1.807, 2.05) is 0 Å². The molecule has 0 aliphatic rings. The zero-order valence-corrected chi connectivity index (χ0v) is 16.3. The summed E-state index contributed by atoms with van der Waals surface area (Å²) in [5.74, 6) is -0.378. The Morgan fingerprint density at radius 3 is 2.33 bits per heavy atom. The number of methoxy groups -OCH3 is 1. The fourth-order valence-corrected chi connectivity index (χ4v) is 2.61. The van der Waals surface area contributed by atoms with E-state index in [0.717, 1.165) is 0 Å². The molecule has 0 spiro atoms. The molecule has 6 nitrogen and oxygen atoms in total. The third-order valence-electron chi connectivity index (χ3n) is 4.19. The number of halogens is 1. The van der Waals surface area contributed by atoms with E-state index in [4.69, 9.17) is 16.3 Å². The van der Waals surface area contributed by atoms with E-state index < -0.39 is 11.3 Å². The lowest BCUT2D eigenvalue weighted by molar-refractivity contribution is -0.119. The maximum absolute atomic E-state index is 12.8. The first-order valence-electron chi connectivity index (χ1n) is 8.11. The van der Waals surface area contributed by atoms with Crippen molar-refractivity contribution in [3.63, 3.8) is 0 Å². The zero-order valence-electron chi connectivity index (χ0n) is 15.5. The number of hydrogen-bond acceptors (Lipinski definition) is 4. The van der Waals surface area contributed by atoms with Gasteiger partial charge in [-0.1, -0.05) is 23.7 Å². The third-order valence-corrected chi connectivity index (χ3v) is 4.45. The van der Waals surface area contributed by atoms with Crippen LogP contribution >= 0.6 is 11.6 Å². The molecule has 2 aromatic carbocycles. The molecule has 0 heterocycles. The van der Waals surface area contributed by atoms with Gasteiger partial charge < -0.3 is 15.0 Å². The minimum absolute atomic E-state index is 0.260. The van der Waals surface area contributed by atoms with Crippen LogP contribution in [0.3, 0.4) is 0 Å². The van der Waals surface area contributed by atoms with Crippen LogP contribution in [0, 0.1) is 11.3 Å². The van der Waals surface area contributed by atoms with Crippen molar-refractivity contribution in [2.24, 2.45) is 0 Å². The second-order valence-corrected chi connectivity index (χ2v) is 6.75. The highest BCUT2D eigenvalue weighted by atomic mass is 35.5. The van der Waals surface area contributed by atoms with Gasteiger partial charge in [0.1, 0.15) is 5.75 Å². The van der Waals surface area contributed by atoms with E-state index in [9.17, 15) is 14.9 Å². The quantitative estimate of drug-likeness (QED) is 0.854. The zero-order chi connectivity index (χ0) is 20.2. The van der Waals surface area contributed by atoms with E-state index in [-0.39, 0.29) is 5.91 Å². The van der Waals surface area contributed by atoms with Crippen LogP contribution in [0.2, 0.25) is 5.02 Å². The van der Waals surface area contributed by atoms with Gasteiger partial charge >= 0.3 is 0 Å². The molecule has 2 aromatic rings. The number of benzene rings is 2. The normalized spacial score (nSPS) is 12.4. The van der Waals surface area contributed by atoms with E-state index in [2.05, 4.69) is 11.4 Å². The number of carbonyl (C=O) groups excluding carboxylic acids is 2. The smallest absolute Gasteiger partial charge is 0.257 e. The highest BCUT2D eigenvalue weighted by Crippen LogP contribution is 2.28. The molecule has 2 amide bonds. The maximum Gasteiger partial charge on any atom is 0.257 e. The number of hydrogen-bond donors (Lipinski definition) is 1. The van der Waals surface area contributed by atoms with Crippen molar-refractivity contribution >= 4 is 29.1 Å². The molecule has 1 unspecified atom stereocenters. The van der Waals surface area contributed by atoms with Gasteiger partial charge in [-0.25, -0.2) is 0 Å². The summed E-state index contributed by atoms with van der Waals surface area (Å²) in [4.78, 5) is 26.6. The van der Waals surface area contributed by atoms with E-state index >= 15 is 0 Å². The average molecular weight is 386 g/mol. The van der Waals surface area contributed by atoms with Gasteiger partial charge in [-0.3, -0.25) is 9.59 Å². The molecule has 140 valence electrons. The van der Waals surface area contributed by atoms with Gasteiger partial charge in [0.25, 0.3) is 5.91 Å². The van der Waals surface area contributed by atoms with Crippen molar-refractivity contribution in [3.05, 3.63) is 58.6 Å². The molecule has 0 aliphatic carbocycles. The molecule has 1 N–H and O–H groups in total. The summed E-state index contributed by atoms with van der Waals surface area (Å²) >= 11 is 5.88. The molecule has 0 aliphatic heterocycles. The van der Waals surface area contributed by atoms with Gasteiger partial charge in [-0.15, -0.1) is 0 Å². The molecule has 0 aromatic heterocycles. The average Bonchev–Trinajstić information content (AvgIpc) is 2.67. The first kappa shape index (κ1) is 20.3. The second-order valence-electron chi connectivity index (χ2n) is 6.31. The topological polar surface area (TPSA) is 82.4 Å². The van der Waals surface area contributed by atoms with Crippen molar-refractivity contribution in [1.29, 1.82) is 5.26 Å². The minimum Gasteiger partial charge on any atom is -0.496 e. The van der Waals surface area contributed by atoms with Crippen LogP contribution in [0.4, 0.5) is 5.69 Å². The Labute approximate surface area is 163 Å². The van der Waals surface area contributed by atoms with Crippen molar-refractivity contribution < 1.29 is 14.3 Å². The van der Waals surface area contributed by atoms with Gasteiger partial charge in [0.15, 0.2) is 5.41 Å². The molecule has 0 saturated carbocycles. The van der Waals surface area contributed by atoms with Gasteiger partial charge in [0.2, 0.25) is 5.91 Å². The lowest BCUT2D eigenvalue weighted by Crippen LogP contribution is -2.36. The Kier molecular flexibility index (Phi) is 6.09. The molecule has 7 heteroatoms. The molecular formula is C20H20ClN3O3. The standard InChI is InChI=1S/C20H20ClN3O3/c1-20(12-22,13-5-7-14(21)8-6-13)19(26)23-15-9-10-17(27-4)16(11-15)18(25)24(2)3/h5-11H,1-4H3,(H,23,26). The highest BCUT2D eigenvalue weighted by Gasteiger charge is 2.35. The van der Waals surface area contributed by atoms with Crippen LogP contribution in [0.15, 0.2) is 42.5 Å². The summed E-state index contributed by atoms with van der Waals surface area (Å²) in [6.45, 7) is 1.53. The first-order valence-corrected chi connectivity index (χ1v) is 8.49. The number of nitrogens with zero attached hydrogens (tertiary/aromatic N) is 2. The Hall–Kier alpha value is -3.04. The summed E-state index contributed by atoms with van der Waals surface area (Å²) < 4.78 is 5.22. The SMILES string of the molecule is COc1ccc(NC(=O)C(C)(C#N)c2ccc(Cl)cc2)cc1C(=O)N(C)C. The Balaban J connectivity index is 2.36. The largest absolute Gasteiger partial charge is 0.496 e. The van der Waals surface area contributed by atoms with Gasteiger partial charge in [0, 0.05) is 24.8 Å². The van der Waals surface area contributed by atoms with Crippen LogP contribution in [0.5, 0.6) is 5.75 Å². The molecule has 0 bridgehead atoms. The molecule has 2 rings (SSSR count). The van der Waals surface area contributed by atoms with Gasteiger partial charge in [0.05, 0.1) is 18.7 Å². The molecular weight excluding hydrogens is 366 g/mol. The summed E-state index contributed by atoms with van der Waals surface area (Å²) in [5, 5.41) is 12.9. The van der Waals surface area contributed by atoms with E-state index in [0.29, 0.717) is 27.6 Å². The predicted molar refractivity (Wildman–Crippen MR) is 104 cm³/mol. The van der Waals surface area contributed by atoms with E-state index in [1.54, 1.807) is 50.5 Å². The van der Waals surface area contributed by atoms with Crippen molar-refractivity contribution in [2.75, 3.05) is 26.5 Å². The van der Waals surface area contributed by atoms with Gasteiger partial charge in [-0.05, 0) is 42.8 Å². The van der Waals surface area contributed by atoms with Crippen LogP contribution in [-0.4, -0.2) is 37.9 Å². The molecule has 0 radical (unpaired) electrons. The van der Waals surface area contributed by atoms with Gasteiger partial charge in [-0.2, -0.15) is 5.26 Å². The number of rotatable bonds is 5. The van der Waals surface area contributed by atoms with E-state index in [1.165, 1.54) is 25.0 Å². The maximum atomic E-state index is 12.8. The summed E-state index contributed by atoms with van der Waals surface area (Å²) in [5.41, 5.74) is -0.201. The van der Waals surface area contributed by atoms with Crippen molar-refractivity contribution in [2.45, 2.75) is 12.3 Å². The second kappa shape index (κ2) is 8.11. The van der Waals surface area contributed by atoms with Crippen LogP contribution in [0.25, 0.3) is 0 Å². The number of nitrogens with one attached hydrogen (secondary N) is 1. The Bertz CT molecular complexity index is 904. The summed E-state index contributed by atoms with van der Waals surface area (Å²) in [6, 6.07) is 13.3. The Morgan fingerprint density at radius 1 is 1.19 bits per heavy atom. The number of carbonyl (C=O) groups is 2. The first-order chi connectivity index (χ1) is 12.7. The minimum atomic E-state index is -1.42. The number of nitriles is 1. The number of anilines is 1. The Morgan fingerprint density at radius 2 is 1.81 bits per heavy atom. The van der Waals surface area contributed by atoms with Crippen LogP contribution in [-0.2, 0) is 10.2 Å². The van der Waals surface area contributed by atoms with Crippen molar-refractivity contribution in [3.8, 4) is 11.8 Å². The summed E-state index contributed by atoms with van der Waals surface area (Å²) in [7, 11) is 4.72. The number of ether oxygens (including phenoxy) is 1. The molecule has 1 atom stereocenters.